The summed E-state index contributed by atoms with van der Waals surface area (Å²) in [6.45, 7) is 0. The summed E-state index contributed by atoms with van der Waals surface area (Å²) in [5, 5.41) is 6.88. The van der Waals surface area contributed by atoms with Gasteiger partial charge in [0.25, 0.3) is 5.91 Å². The molecule has 0 unspecified atom stereocenters. The average molecular weight is 305 g/mol. The van der Waals surface area contributed by atoms with Gasteiger partial charge in [0.1, 0.15) is 0 Å². The standard InChI is InChI=1S/C17H11N3OS/c21-17(20-9-4-8-18-20)13-11-15(16-7-3-10-22-16)19-14-6-2-1-5-12(13)14/h1-11H. The minimum Gasteiger partial charge on any atom is -0.267 e. The molecular formula is C17H11N3OS. The van der Waals surface area contributed by atoms with Crippen molar-refractivity contribution in [3.63, 3.8) is 0 Å². The van der Waals surface area contributed by atoms with Crippen LogP contribution in [-0.2, 0) is 0 Å². The molecule has 0 aliphatic rings. The zero-order valence-electron chi connectivity index (χ0n) is 11.5. The van der Waals surface area contributed by atoms with Crippen molar-refractivity contribution < 1.29 is 4.79 Å². The van der Waals surface area contributed by atoms with E-state index in [2.05, 4.69) is 10.1 Å². The fraction of sp³-hybridized carbons (Fsp3) is 0. The molecule has 4 rings (SSSR count). The van der Waals surface area contributed by atoms with Gasteiger partial charge in [-0.05, 0) is 29.6 Å². The van der Waals surface area contributed by atoms with Crippen molar-refractivity contribution >= 4 is 28.1 Å². The summed E-state index contributed by atoms with van der Waals surface area (Å²) < 4.78 is 1.35. The molecule has 0 bridgehead atoms. The van der Waals surface area contributed by atoms with Crippen LogP contribution in [0.15, 0.2) is 66.3 Å². The quantitative estimate of drug-likeness (QED) is 0.565. The number of para-hydroxylation sites is 1. The second kappa shape index (κ2) is 5.20. The minimum atomic E-state index is -0.151. The summed E-state index contributed by atoms with van der Waals surface area (Å²) in [6.07, 6.45) is 3.25. The van der Waals surface area contributed by atoms with Crippen LogP contribution >= 0.6 is 11.3 Å². The number of benzene rings is 1. The van der Waals surface area contributed by atoms with Gasteiger partial charge in [0.2, 0.25) is 0 Å². The van der Waals surface area contributed by atoms with Crippen LogP contribution in [-0.4, -0.2) is 20.7 Å². The fourth-order valence-electron chi connectivity index (χ4n) is 2.42. The van der Waals surface area contributed by atoms with E-state index in [1.54, 1.807) is 29.8 Å². The van der Waals surface area contributed by atoms with Crippen LogP contribution in [0.1, 0.15) is 10.4 Å². The van der Waals surface area contributed by atoms with Gasteiger partial charge in [-0.2, -0.15) is 5.10 Å². The third kappa shape index (κ3) is 2.12. The Morgan fingerprint density at radius 3 is 2.77 bits per heavy atom. The van der Waals surface area contributed by atoms with Crippen molar-refractivity contribution in [1.29, 1.82) is 0 Å². The predicted octanol–water partition coefficient (Wildman–Crippen LogP) is 3.85. The molecule has 1 aromatic carbocycles. The Hall–Kier alpha value is -2.79. The van der Waals surface area contributed by atoms with Crippen LogP contribution in [0.3, 0.4) is 0 Å². The maximum absolute atomic E-state index is 12.7. The van der Waals surface area contributed by atoms with Crippen molar-refractivity contribution in [2.45, 2.75) is 0 Å². The van der Waals surface area contributed by atoms with E-state index >= 15 is 0 Å². The van der Waals surface area contributed by atoms with Crippen molar-refractivity contribution in [3.05, 3.63) is 71.9 Å². The molecule has 106 valence electrons. The maximum atomic E-state index is 12.7. The lowest BCUT2D eigenvalue weighted by Gasteiger charge is -2.08. The number of carbonyl (C=O) groups is 1. The average Bonchev–Trinajstić information content (AvgIpc) is 3.26. The number of hydrogen-bond donors (Lipinski definition) is 0. The van der Waals surface area contributed by atoms with Gasteiger partial charge in [0.15, 0.2) is 0 Å². The van der Waals surface area contributed by atoms with Crippen LogP contribution < -0.4 is 0 Å². The third-order valence-corrected chi connectivity index (χ3v) is 4.33. The van der Waals surface area contributed by atoms with E-state index in [0.29, 0.717) is 5.56 Å². The molecule has 22 heavy (non-hydrogen) atoms. The number of pyridine rings is 1. The molecule has 4 aromatic rings. The van der Waals surface area contributed by atoms with Crippen molar-refractivity contribution in [2.75, 3.05) is 0 Å². The van der Waals surface area contributed by atoms with Gasteiger partial charge >= 0.3 is 0 Å². The van der Waals surface area contributed by atoms with Crippen LogP contribution in [0.2, 0.25) is 0 Å². The number of nitrogens with zero attached hydrogens (tertiary/aromatic N) is 3. The monoisotopic (exact) mass is 305 g/mol. The highest BCUT2D eigenvalue weighted by Crippen LogP contribution is 2.28. The number of fused-ring (bicyclic) bond motifs is 1. The summed E-state index contributed by atoms with van der Waals surface area (Å²) in [6, 6.07) is 15.2. The van der Waals surface area contributed by atoms with Gasteiger partial charge in [-0.15, -0.1) is 11.3 Å². The molecule has 0 amide bonds. The first-order chi connectivity index (χ1) is 10.8. The molecule has 0 atom stereocenters. The number of thiophene rings is 1. The molecule has 0 radical (unpaired) electrons. The second-order valence-electron chi connectivity index (χ2n) is 4.81. The molecule has 0 fully saturated rings. The number of carbonyl (C=O) groups excluding carboxylic acids is 1. The van der Waals surface area contributed by atoms with E-state index in [4.69, 9.17) is 0 Å². The van der Waals surface area contributed by atoms with E-state index in [9.17, 15) is 4.79 Å². The molecule has 3 aromatic heterocycles. The number of rotatable bonds is 2. The topological polar surface area (TPSA) is 47.8 Å². The summed E-state index contributed by atoms with van der Waals surface area (Å²) in [5.41, 5.74) is 2.23. The third-order valence-electron chi connectivity index (χ3n) is 3.43. The summed E-state index contributed by atoms with van der Waals surface area (Å²) in [7, 11) is 0. The highest BCUT2D eigenvalue weighted by Gasteiger charge is 2.15. The van der Waals surface area contributed by atoms with Gasteiger partial charge in [-0.3, -0.25) is 4.79 Å². The molecule has 0 saturated heterocycles. The van der Waals surface area contributed by atoms with E-state index in [0.717, 1.165) is 21.5 Å². The van der Waals surface area contributed by atoms with Gasteiger partial charge in [0.05, 0.1) is 21.7 Å². The van der Waals surface area contributed by atoms with Gasteiger partial charge < -0.3 is 0 Å². The lowest BCUT2D eigenvalue weighted by Crippen LogP contribution is -2.13. The lowest BCUT2D eigenvalue weighted by atomic mass is 10.1. The van der Waals surface area contributed by atoms with E-state index < -0.39 is 0 Å². The first-order valence-electron chi connectivity index (χ1n) is 6.81. The van der Waals surface area contributed by atoms with Crippen molar-refractivity contribution in [1.82, 2.24) is 14.8 Å². The first-order valence-corrected chi connectivity index (χ1v) is 7.69. The Morgan fingerprint density at radius 2 is 2.00 bits per heavy atom. The molecule has 0 N–H and O–H groups in total. The van der Waals surface area contributed by atoms with Gasteiger partial charge in [-0.1, -0.05) is 24.3 Å². The lowest BCUT2D eigenvalue weighted by molar-refractivity contribution is 0.0947. The van der Waals surface area contributed by atoms with Crippen LogP contribution in [0.5, 0.6) is 0 Å². The number of aromatic nitrogens is 3. The highest BCUT2D eigenvalue weighted by atomic mass is 32.1. The minimum absolute atomic E-state index is 0.151. The zero-order chi connectivity index (χ0) is 14.9. The first kappa shape index (κ1) is 12.9. The summed E-state index contributed by atoms with van der Waals surface area (Å²) in [4.78, 5) is 18.4. The van der Waals surface area contributed by atoms with E-state index in [-0.39, 0.29) is 5.91 Å². The largest absolute Gasteiger partial charge is 0.278 e. The number of hydrogen-bond acceptors (Lipinski definition) is 4. The summed E-state index contributed by atoms with van der Waals surface area (Å²) in [5.74, 6) is -0.151. The highest BCUT2D eigenvalue weighted by molar-refractivity contribution is 7.13. The molecule has 5 heteroatoms. The SMILES string of the molecule is O=C(c1cc(-c2cccs2)nc2ccccc12)n1cccn1. The molecule has 0 spiro atoms. The van der Waals surface area contributed by atoms with E-state index in [1.165, 1.54) is 4.68 Å². The molecule has 3 heterocycles. The summed E-state index contributed by atoms with van der Waals surface area (Å²) >= 11 is 1.61. The predicted molar refractivity (Wildman–Crippen MR) is 87.0 cm³/mol. The molecular weight excluding hydrogens is 294 g/mol. The Labute approximate surface area is 130 Å². The Kier molecular flexibility index (Phi) is 3.05. The maximum Gasteiger partial charge on any atom is 0.278 e. The molecule has 0 aliphatic carbocycles. The van der Waals surface area contributed by atoms with E-state index in [1.807, 2.05) is 47.8 Å². The Bertz CT molecular complexity index is 943. The smallest absolute Gasteiger partial charge is 0.267 e. The van der Waals surface area contributed by atoms with Crippen molar-refractivity contribution in [2.24, 2.45) is 0 Å². The van der Waals surface area contributed by atoms with Gasteiger partial charge in [0, 0.05) is 17.8 Å². The normalized spacial score (nSPS) is 10.9. The Morgan fingerprint density at radius 1 is 1.09 bits per heavy atom. The molecule has 4 nitrogen and oxygen atoms in total. The molecule has 0 aliphatic heterocycles. The second-order valence-corrected chi connectivity index (χ2v) is 5.75. The van der Waals surface area contributed by atoms with Crippen LogP contribution in [0.4, 0.5) is 0 Å². The Balaban J connectivity index is 1.97. The molecule has 0 saturated carbocycles. The zero-order valence-corrected chi connectivity index (χ0v) is 12.3. The van der Waals surface area contributed by atoms with Crippen LogP contribution in [0.25, 0.3) is 21.5 Å². The van der Waals surface area contributed by atoms with Gasteiger partial charge in [-0.25, -0.2) is 9.67 Å². The van der Waals surface area contributed by atoms with Crippen LogP contribution in [0, 0.1) is 0 Å². The van der Waals surface area contributed by atoms with Crippen molar-refractivity contribution in [3.8, 4) is 10.6 Å². The fourth-order valence-corrected chi connectivity index (χ4v) is 3.10.